The van der Waals surface area contributed by atoms with Crippen molar-refractivity contribution in [1.82, 2.24) is 0 Å². The Morgan fingerprint density at radius 2 is 1.67 bits per heavy atom. The third kappa shape index (κ3) is 5.15. The molecule has 0 aliphatic carbocycles. The van der Waals surface area contributed by atoms with Gasteiger partial charge in [-0.25, -0.2) is 9.18 Å². The molecule has 0 atom stereocenters. The fraction of sp³-hybridized carbons (Fsp3) is 0. The minimum Gasteiger partial charge on any atom is -0.422 e. The van der Waals surface area contributed by atoms with Crippen molar-refractivity contribution in [2.24, 2.45) is 0 Å². The van der Waals surface area contributed by atoms with Gasteiger partial charge in [-0.05, 0) is 54.1 Å². The molecule has 0 bridgehead atoms. The number of non-ortho nitro benzene ring substituents is 1. The molecule has 30 heavy (non-hydrogen) atoms. The molecule has 0 spiro atoms. The fourth-order valence-electron chi connectivity index (χ4n) is 2.50. The molecule has 0 aliphatic heterocycles. The van der Waals surface area contributed by atoms with E-state index in [9.17, 15) is 24.1 Å². The molecule has 150 valence electrons. The van der Waals surface area contributed by atoms with Crippen LogP contribution in [0, 0.1) is 15.9 Å². The second-order valence-corrected chi connectivity index (χ2v) is 6.52. The molecule has 8 heteroatoms. The number of carbonyl (C=O) groups excluding carboxylic acids is 2. The summed E-state index contributed by atoms with van der Waals surface area (Å²) in [5, 5.41) is 11.3. The van der Waals surface area contributed by atoms with Crippen LogP contribution in [0.15, 0.2) is 72.8 Å². The van der Waals surface area contributed by atoms with Gasteiger partial charge in [-0.1, -0.05) is 29.8 Å². The third-order valence-corrected chi connectivity index (χ3v) is 4.27. The molecule has 0 unspecified atom stereocenters. The number of nitro groups is 1. The second-order valence-electron chi connectivity index (χ2n) is 6.08. The van der Waals surface area contributed by atoms with Crippen molar-refractivity contribution >= 4 is 35.1 Å². The Hall–Kier alpha value is -3.84. The lowest BCUT2D eigenvalue weighted by Crippen LogP contribution is -2.11. The van der Waals surface area contributed by atoms with E-state index in [1.165, 1.54) is 30.4 Å². The molecule has 0 N–H and O–H groups in total. The minimum atomic E-state index is -0.841. The number of esters is 1. The smallest absolute Gasteiger partial charge is 0.343 e. The summed E-state index contributed by atoms with van der Waals surface area (Å²) in [5.41, 5.74) is 0.417. The van der Waals surface area contributed by atoms with Crippen LogP contribution in [0.2, 0.25) is 5.02 Å². The highest BCUT2D eigenvalue weighted by Gasteiger charge is 2.17. The molecule has 0 saturated carbocycles. The van der Waals surface area contributed by atoms with Crippen LogP contribution in [0.4, 0.5) is 10.1 Å². The predicted molar refractivity (Wildman–Crippen MR) is 109 cm³/mol. The number of hydrogen-bond acceptors (Lipinski definition) is 5. The number of nitrogens with zero attached hydrogens (tertiary/aromatic N) is 1. The fourth-order valence-corrected chi connectivity index (χ4v) is 2.62. The van der Waals surface area contributed by atoms with Gasteiger partial charge in [-0.15, -0.1) is 0 Å². The van der Waals surface area contributed by atoms with Crippen LogP contribution in [-0.2, 0) is 0 Å². The normalized spacial score (nSPS) is 10.7. The quantitative estimate of drug-likeness (QED) is 0.130. The summed E-state index contributed by atoms with van der Waals surface area (Å²) >= 11 is 5.82. The van der Waals surface area contributed by atoms with Crippen molar-refractivity contribution in [1.29, 1.82) is 0 Å². The van der Waals surface area contributed by atoms with Gasteiger partial charge >= 0.3 is 5.97 Å². The molecule has 0 heterocycles. The maximum Gasteiger partial charge on any atom is 0.343 e. The highest BCUT2D eigenvalue weighted by molar-refractivity contribution is 6.30. The number of ether oxygens (including phenoxy) is 1. The first kappa shape index (κ1) is 20.9. The van der Waals surface area contributed by atoms with E-state index in [0.29, 0.717) is 10.6 Å². The molecule has 0 fully saturated rings. The molecular formula is C22H13ClFNO5. The van der Waals surface area contributed by atoms with E-state index in [2.05, 4.69) is 0 Å². The maximum absolute atomic E-state index is 13.7. The number of benzene rings is 3. The number of halogens is 2. The van der Waals surface area contributed by atoms with Crippen LogP contribution in [-0.4, -0.2) is 16.7 Å². The zero-order chi connectivity index (χ0) is 21.7. The molecule has 0 aliphatic rings. The average molecular weight is 426 g/mol. The van der Waals surface area contributed by atoms with Gasteiger partial charge in [-0.2, -0.15) is 0 Å². The second kappa shape index (κ2) is 9.11. The van der Waals surface area contributed by atoms with Crippen molar-refractivity contribution in [3.8, 4) is 5.75 Å². The molecular weight excluding hydrogens is 413 g/mol. The van der Waals surface area contributed by atoms with Crippen LogP contribution in [0.25, 0.3) is 6.08 Å². The predicted octanol–water partition coefficient (Wildman–Crippen LogP) is 5.50. The van der Waals surface area contributed by atoms with E-state index in [-0.39, 0.29) is 22.6 Å². The minimum absolute atomic E-state index is 0.0417. The summed E-state index contributed by atoms with van der Waals surface area (Å²) in [6.45, 7) is 0. The Morgan fingerprint density at radius 3 is 2.30 bits per heavy atom. The summed E-state index contributed by atoms with van der Waals surface area (Å²) in [6.07, 6.45) is 2.74. The van der Waals surface area contributed by atoms with Gasteiger partial charge in [-0.3, -0.25) is 14.9 Å². The zero-order valence-electron chi connectivity index (χ0n) is 15.2. The lowest BCUT2D eigenvalue weighted by molar-refractivity contribution is -0.384. The van der Waals surface area contributed by atoms with Crippen LogP contribution >= 0.6 is 11.6 Å². The molecule has 3 aromatic rings. The van der Waals surface area contributed by atoms with Gasteiger partial charge in [0, 0.05) is 17.2 Å². The van der Waals surface area contributed by atoms with Crippen LogP contribution < -0.4 is 4.74 Å². The van der Waals surface area contributed by atoms with Crippen molar-refractivity contribution in [3.63, 3.8) is 0 Å². The molecule has 0 radical (unpaired) electrons. The van der Waals surface area contributed by atoms with Gasteiger partial charge in [0.2, 0.25) is 0 Å². The topological polar surface area (TPSA) is 86.5 Å². The molecule has 0 saturated heterocycles. The highest BCUT2D eigenvalue weighted by Crippen LogP contribution is 2.23. The Morgan fingerprint density at radius 1 is 1.00 bits per heavy atom. The van der Waals surface area contributed by atoms with Gasteiger partial charge < -0.3 is 4.74 Å². The Balaban J connectivity index is 1.82. The van der Waals surface area contributed by atoms with Crippen molar-refractivity contribution < 1.29 is 23.6 Å². The summed E-state index contributed by atoms with van der Waals surface area (Å²) in [7, 11) is 0. The van der Waals surface area contributed by atoms with E-state index < -0.39 is 22.5 Å². The van der Waals surface area contributed by atoms with Gasteiger partial charge in [0.05, 0.1) is 16.1 Å². The lowest BCUT2D eigenvalue weighted by Gasteiger charge is -2.08. The highest BCUT2D eigenvalue weighted by atomic mass is 35.5. The van der Waals surface area contributed by atoms with Crippen molar-refractivity contribution in [3.05, 3.63) is 110 Å². The van der Waals surface area contributed by atoms with Crippen LogP contribution in [0.1, 0.15) is 26.3 Å². The first-order chi connectivity index (χ1) is 14.3. The number of hydrogen-bond donors (Lipinski definition) is 0. The van der Waals surface area contributed by atoms with E-state index in [4.69, 9.17) is 16.3 Å². The number of ketones is 1. The third-order valence-electron chi connectivity index (χ3n) is 4.02. The summed E-state index contributed by atoms with van der Waals surface area (Å²) in [4.78, 5) is 35.0. The Bertz CT molecular complexity index is 1140. The standard InChI is InChI=1S/C22H13ClFNO5/c23-16-6-1-14(2-7-16)3-11-20(26)19-13-17(24)8-12-21(19)30-22(27)15-4-9-18(10-5-15)25(28)29/h1-13H. The first-order valence-electron chi connectivity index (χ1n) is 8.57. The van der Waals surface area contributed by atoms with Crippen LogP contribution in [0.3, 0.4) is 0 Å². The SMILES string of the molecule is O=C(Oc1ccc(F)cc1C(=O)C=Cc1ccc(Cl)cc1)c1ccc([N+](=O)[O-])cc1. The Labute approximate surface area is 175 Å². The van der Waals surface area contributed by atoms with Crippen molar-refractivity contribution in [2.75, 3.05) is 0 Å². The summed E-state index contributed by atoms with van der Waals surface area (Å²) in [5.74, 6) is -2.22. The zero-order valence-corrected chi connectivity index (χ0v) is 16.0. The van der Waals surface area contributed by atoms with Gasteiger partial charge in [0.25, 0.3) is 5.69 Å². The molecule has 0 aromatic heterocycles. The Kier molecular flexibility index (Phi) is 6.34. The molecule has 3 aromatic carbocycles. The van der Waals surface area contributed by atoms with E-state index in [1.54, 1.807) is 24.3 Å². The average Bonchev–Trinajstić information content (AvgIpc) is 2.74. The molecule has 0 amide bonds. The van der Waals surface area contributed by atoms with Gasteiger partial charge in [0.1, 0.15) is 11.6 Å². The largest absolute Gasteiger partial charge is 0.422 e. The monoisotopic (exact) mass is 425 g/mol. The van der Waals surface area contributed by atoms with Crippen molar-refractivity contribution in [2.45, 2.75) is 0 Å². The molecule has 6 nitrogen and oxygen atoms in total. The van der Waals surface area contributed by atoms with E-state index in [1.807, 2.05) is 0 Å². The summed E-state index contributed by atoms with van der Waals surface area (Å²) < 4.78 is 18.9. The number of allylic oxidation sites excluding steroid dienone is 1. The molecule has 3 rings (SSSR count). The van der Waals surface area contributed by atoms with E-state index in [0.717, 1.165) is 24.3 Å². The van der Waals surface area contributed by atoms with E-state index >= 15 is 0 Å². The van der Waals surface area contributed by atoms with Crippen LogP contribution in [0.5, 0.6) is 5.75 Å². The van der Waals surface area contributed by atoms with Gasteiger partial charge in [0.15, 0.2) is 5.78 Å². The number of nitro benzene ring substituents is 1. The first-order valence-corrected chi connectivity index (χ1v) is 8.95. The number of carbonyl (C=O) groups is 2. The lowest BCUT2D eigenvalue weighted by atomic mass is 10.1. The maximum atomic E-state index is 13.7. The summed E-state index contributed by atoms with van der Waals surface area (Å²) in [6, 6.07) is 14.7. The number of rotatable bonds is 6.